The van der Waals surface area contributed by atoms with Gasteiger partial charge in [-0.3, -0.25) is 9.78 Å². The minimum Gasteiger partial charge on any atom is -0.484 e. The molecule has 3 rings (SSSR count). The van der Waals surface area contributed by atoms with Gasteiger partial charge < -0.3 is 19.1 Å². The number of fused-ring (bicyclic) bond motifs is 1. The summed E-state index contributed by atoms with van der Waals surface area (Å²) in [5.41, 5.74) is 1.15. The number of likely N-dealkylation sites (N-methyl/N-ethyl adjacent to an activating group) is 1. The third kappa shape index (κ3) is 3.91. The quantitative estimate of drug-likeness (QED) is 0.815. The number of amides is 1. The molecular weight excluding hydrogens is 296 g/mol. The summed E-state index contributed by atoms with van der Waals surface area (Å²) in [5.74, 6) is 1.85. The lowest BCUT2D eigenvalue weighted by Gasteiger charge is -2.17. The maximum absolute atomic E-state index is 12.1. The van der Waals surface area contributed by atoms with Crippen LogP contribution in [0.2, 0.25) is 0 Å². The Balaban J connectivity index is 1.47. The molecule has 1 aliphatic heterocycles. The molecule has 0 N–H and O–H groups in total. The van der Waals surface area contributed by atoms with Crippen molar-refractivity contribution < 1.29 is 19.0 Å². The molecule has 1 amide bonds. The highest BCUT2D eigenvalue weighted by atomic mass is 16.7. The minimum absolute atomic E-state index is 0.00745. The zero-order valence-electron chi connectivity index (χ0n) is 12.9. The molecular formula is C17H18N2O4. The van der Waals surface area contributed by atoms with Crippen molar-refractivity contribution in [3.8, 4) is 17.2 Å². The number of carbonyl (C=O) groups excluding carboxylic acids is 1. The Kier molecular flexibility index (Phi) is 4.61. The van der Waals surface area contributed by atoms with Gasteiger partial charge in [-0.2, -0.15) is 0 Å². The van der Waals surface area contributed by atoms with Gasteiger partial charge in [0.1, 0.15) is 5.75 Å². The number of pyridine rings is 1. The van der Waals surface area contributed by atoms with Crippen molar-refractivity contribution >= 4 is 5.91 Å². The highest BCUT2D eigenvalue weighted by Crippen LogP contribution is 2.35. The average Bonchev–Trinajstić information content (AvgIpc) is 3.06. The SMILES string of the molecule is CN(CCc1ccncc1)C(=O)COc1ccc2c(c1)OCO2. The van der Waals surface area contributed by atoms with Crippen molar-refractivity contribution in [3.05, 3.63) is 48.3 Å². The van der Waals surface area contributed by atoms with Gasteiger partial charge in [0.2, 0.25) is 6.79 Å². The van der Waals surface area contributed by atoms with Crippen LogP contribution in [0, 0.1) is 0 Å². The fourth-order valence-corrected chi connectivity index (χ4v) is 2.19. The first kappa shape index (κ1) is 15.1. The second kappa shape index (κ2) is 7.00. The smallest absolute Gasteiger partial charge is 0.260 e. The van der Waals surface area contributed by atoms with Crippen molar-refractivity contribution in [1.29, 1.82) is 0 Å². The molecule has 6 nitrogen and oxygen atoms in total. The van der Waals surface area contributed by atoms with Crippen molar-refractivity contribution in [2.75, 3.05) is 27.0 Å². The molecule has 0 unspecified atom stereocenters. The third-order valence-corrected chi connectivity index (χ3v) is 3.62. The van der Waals surface area contributed by atoms with Crippen LogP contribution in [0.4, 0.5) is 0 Å². The van der Waals surface area contributed by atoms with E-state index in [2.05, 4.69) is 4.98 Å². The predicted molar refractivity (Wildman–Crippen MR) is 83.6 cm³/mol. The van der Waals surface area contributed by atoms with Gasteiger partial charge in [-0.05, 0) is 36.2 Å². The highest BCUT2D eigenvalue weighted by Gasteiger charge is 2.15. The van der Waals surface area contributed by atoms with Crippen LogP contribution < -0.4 is 14.2 Å². The summed E-state index contributed by atoms with van der Waals surface area (Å²) < 4.78 is 16.0. The van der Waals surface area contributed by atoms with Crippen LogP contribution in [0.15, 0.2) is 42.7 Å². The molecule has 1 aromatic heterocycles. The minimum atomic E-state index is -0.0725. The molecule has 2 aromatic rings. The summed E-state index contributed by atoms with van der Waals surface area (Å²) in [6.45, 7) is 0.843. The van der Waals surface area contributed by atoms with E-state index >= 15 is 0 Å². The van der Waals surface area contributed by atoms with Gasteiger partial charge in [0.25, 0.3) is 5.91 Å². The standard InChI is InChI=1S/C17H18N2O4/c1-19(9-6-13-4-7-18-8-5-13)17(20)11-21-14-2-3-15-16(10-14)23-12-22-15/h2-5,7-8,10H,6,9,11-12H2,1H3. The second-order valence-corrected chi connectivity index (χ2v) is 5.22. The third-order valence-electron chi connectivity index (χ3n) is 3.62. The molecule has 0 fully saturated rings. The monoisotopic (exact) mass is 314 g/mol. The maximum Gasteiger partial charge on any atom is 0.260 e. The summed E-state index contributed by atoms with van der Waals surface area (Å²) in [6.07, 6.45) is 4.29. The summed E-state index contributed by atoms with van der Waals surface area (Å²) in [5, 5.41) is 0. The lowest BCUT2D eigenvalue weighted by molar-refractivity contribution is -0.132. The molecule has 0 radical (unpaired) electrons. The Labute approximate surface area is 134 Å². The number of hydrogen-bond donors (Lipinski definition) is 0. The van der Waals surface area contributed by atoms with E-state index in [1.165, 1.54) is 0 Å². The number of benzene rings is 1. The van der Waals surface area contributed by atoms with Gasteiger partial charge >= 0.3 is 0 Å². The van der Waals surface area contributed by atoms with Gasteiger partial charge in [-0.15, -0.1) is 0 Å². The Hall–Kier alpha value is -2.76. The molecule has 0 aliphatic carbocycles. The van der Waals surface area contributed by atoms with E-state index in [9.17, 15) is 4.79 Å². The summed E-state index contributed by atoms with van der Waals surface area (Å²) in [4.78, 5) is 17.7. The molecule has 23 heavy (non-hydrogen) atoms. The molecule has 1 aliphatic rings. The number of hydrogen-bond acceptors (Lipinski definition) is 5. The number of rotatable bonds is 6. The van der Waals surface area contributed by atoms with Crippen LogP contribution in [0.25, 0.3) is 0 Å². The average molecular weight is 314 g/mol. The molecule has 2 heterocycles. The van der Waals surface area contributed by atoms with Crippen LogP contribution in [-0.2, 0) is 11.2 Å². The Morgan fingerprint density at radius 3 is 2.83 bits per heavy atom. The van der Waals surface area contributed by atoms with Crippen LogP contribution in [0.1, 0.15) is 5.56 Å². The van der Waals surface area contributed by atoms with Crippen LogP contribution in [0.3, 0.4) is 0 Å². The zero-order chi connectivity index (χ0) is 16.1. The second-order valence-electron chi connectivity index (χ2n) is 5.22. The van der Waals surface area contributed by atoms with E-state index in [1.54, 1.807) is 42.5 Å². The molecule has 0 spiro atoms. The first-order chi connectivity index (χ1) is 11.2. The number of ether oxygens (including phenoxy) is 3. The Morgan fingerprint density at radius 2 is 2.00 bits per heavy atom. The number of carbonyl (C=O) groups is 1. The van der Waals surface area contributed by atoms with Gasteiger partial charge in [0, 0.05) is 32.1 Å². The summed E-state index contributed by atoms with van der Waals surface area (Å²) >= 11 is 0. The van der Waals surface area contributed by atoms with Crippen LogP contribution in [-0.4, -0.2) is 42.8 Å². The zero-order valence-corrected chi connectivity index (χ0v) is 12.9. The van der Waals surface area contributed by atoms with E-state index in [-0.39, 0.29) is 19.3 Å². The molecule has 0 saturated carbocycles. The van der Waals surface area contributed by atoms with Crippen molar-refractivity contribution in [2.24, 2.45) is 0 Å². The van der Waals surface area contributed by atoms with Gasteiger partial charge in [0.15, 0.2) is 18.1 Å². The molecule has 120 valence electrons. The fraction of sp³-hybridized carbons (Fsp3) is 0.294. The predicted octanol–water partition coefficient (Wildman–Crippen LogP) is 1.89. The first-order valence-corrected chi connectivity index (χ1v) is 7.38. The van der Waals surface area contributed by atoms with E-state index in [0.717, 1.165) is 12.0 Å². The molecule has 6 heteroatoms. The first-order valence-electron chi connectivity index (χ1n) is 7.38. The highest BCUT2D eigenvalue weighted by molar-refractivity contribution is 5.77. The molecule has 0 bridgehead atoms. The maximum atomic E-state index is 12.1. The van der Waals surface area contributed by atoms with Gasteiger partial charge in [-0.1, -0.05) is 0 Å². The van der Waals surface area contributed by atoms with E-state index in [0.29, 0.717) is 23.8 Å². The lowest BCUT2D eigenvalue weighted by Crippen LogP contribution is -2.33. The number of aromatic nitrogens is 1. The van der Waals surface area contributed by atoms with Crippen LogP contribution in [0.5, 0.6) is 17.2 Å². The molecule has 0 atom stereocenters. The Morgan fingerprint density at radius 1 is 1.22 bits per heavy atom. The van der Waals surface area contributed by atoms with E-state index in [1.807, 2.05) is 12.1 Å². The normalized spacial score (nSPS) is 12.0. The number of nitrogens with zero attached hydrogens (tertiary/aromatic N) is 2. The van der Waals surface area contributed by atoms with E-state index < -0.39 is 0 Å². The Bertz CT molecular complexity index is 676. The van der Waals surface area contributed by atoms with Crippen molar-refractivity contribution in [2.45, 2.75) is 6.42 Å². The van der Waals surface area contributed by atoms with Crippen molar-refractivity contribution in [3.63, 3.8) is 0 Å². The van der Waals surface area contributed by atoms with Gasteiger partial charge in [-0.25, -0.2) is 0 Å². The largest absolute Gasteiger partial charge is 0.484 e. The molecule has 0 saturated heterocycles. The fourth-order valence-electron chi connectivity index (χ4n) is 2.19. The van der Waals surface area contributed by atoms with Crippen LogP contribution >= 0.6 is 0 Å². The topological polar surface area (TPSA) is 60.9 Å². The molecule has 1 aromatic carbocycles. The lowest BCUT2D eigenvalue weighted by atomic mass is 10.2. The van der Waals surface area contributed by atoms with Gasteiger partial charge in [0.05, 0.1) is 0 Å². The summed E-state index contributed by atoms with van der Waals surface area (Å²) in [7, 11) is 1.77. The summed E-state index contributed by atoms with van der Waals surface area (Å²) in [6, 6.07) is 9.16. The van der Waals surface area contributed by atoms with Crippen molar-refractivity contribution in [1.82, 2.24) is 9.88 Å². The van der Waals surface area contributed by atoms with E-state index in [4.69, 9.17) is 14.2 Å².